The Hall–Kier alpha value is -6.65. The van der Waals surface area contributed by atoms with Crippen LogP contribution >= 0.6 is 0 Å². The van der Waals surface area contributed by atoms with Crippen LogP contribution in [0.1, 0.15) is 0 Å². The largest absolute Gasteiger partial charge is 0.309 e. The average molecular weight is 625 g/mol. The molecule has 0 radical (unpaired) electrons. The van der Waals surface area contributed by atoms with E-state index in [2.05, 4.69) is 174 Å². The van der Waals surface area contributed by atoms with Crippen molar-refractivity contribution in [3.8, 4) is 39.9 Å². The molecule has 4 heteroatoms. The molecule has 49 heavy (non-hydrogen) atoms. The minimum absolute atomic E-state index is 0.634. The highest BCUT2D eigenvalue weighted by Gasteiger charge is 2.17. The highest BCUT2D eigenvalue weighted by Crippen LogP contribution is 2.37. The van der Waals surface area contributed by atoms with Gasteiger partial charge in [0, 0.05) is 33.2 Å². The molecule has 0 unspecified atom stereocenters. The predicted octanol–water partition coefficient (Wildman–Crippen LogP) is 11.4. The van der Waals surface area contributed by atoms with E-state index in [9.17, 15) is 0 Å². The van der Waals surface area contributed by atoms with Gasteiger partial charge in [0.05, 0.1) is 11.0 Å². The molecule has 0 N–H and O–H groups in total. The number of para-hydroxylation sites is 1. The quantitative estimate of drug-likeness (QED) is 0.196. The van der Waals surface area contributed by atoms with Crippen LogP contribution in [0, 0.1) is 0 Å². The molecule has 10 rings (SSSR count). The Bertz CT molecular complexity index is 2800. The van der Waals surface area contributed by atoms with Crippen molar-refractivity contribution in [2.24, 2.45) is 0 Å². The van der Waals surface area contributed by atoms with Crippen molar-refractivity contribution in [3.05, 3.63) is 170 Å². The third kappa shape index (κ3) is 4.57. The predicted molar refractivity (Wildman–Crippen MR) is 203 cm³/mol. The number of aromatic nitrogens is 4. The van der Waals surface area contributed by atoms with Crippen LogP contribution in [-0.2, 0) is 0 Å². The number of fused-ring (bicyclic) bond motifs is 7. The molecule has 0 fully saturated rings. The summed E-state index contributed by atoms with van der Waals surface area (Å²) >= 11 is 0. The molecule has 0 atom stereocenters. The van der Waals surface area contributed by atoms with E-state index in [0.717, 1.165) is 38.7 Å². The van der Waals surface area contributed by atoms with Gasteiger partial charge in [-0.2, -0.15) is 0 Å². The molecule has 0 amide bonds. The van der Waals surface area contributed by atoms with Gasteiger partial charge in [0.1, 0.15) is 0 Å². The summed E-state index contributed by atoms with van der Waals surface area (Å²) in [4.78, 5) is 15.3. The van der Waals surface area contributed by atoms with Crippen molar-refractivity contribution in [2.75, 3.05) is 0 Å². The molecule has 0 saturated heterocycles. The first-order valence-corrected chi connectivity index (χ1v) is 16.5. The summed E-state index contributed by atoms with van der Waals surface area (Å²) in [5, 5.41) is 9.64. The third-order valence-electron chi connectivity index (χ3n) is 9.58. The van der Waals surface area contributed by atoms with Crippen molar-refractivity contribution in [1.82, 2.24) is 19.5 Å². The Morgan fingerprint density at radius 2 is 0.837 bits per heavy atom. The van der Waals surface area contributed by atoms with Crippen LogP contribution in [0.2, 0.25) is 0 Å². The highest BCUT2D eigenvalue weighted by atomic mass is 15.0. The molecule has 10 aromatic rings. The lowest BCUT2D eigenvalue weighted by molar-refractivity contribution is 1.07. The van der Waals surface area contributed by atoms with Gasteiger partial charge in [-0.1, -0.05) is 133 Å². The first-order valence-electron chi connectivity index (χ1n) is 16.5. The zero-order chi connectivity index (χ0) is 32.3. The maximum Gasteiger partial charge on any atom is 0.164 e. The van der Waals surface area contributed by atoms with Crippen molar-refractivity contribution >= 4 is 54.1 Å². The minimum Gasteiger partial charge on any atom is -0.309 e. The average Bonchev–Trinajstić information content (AvgIpc) is 3.52. The smallest absolute Gasteiger partial charge is 0.164 e. The molecule has 0 saturated carbocycles. The van der Waals surface area contributed by atoms with Gasteiger partial charge in [0.25, 0.3) is 0 Å². The van der Waals surface area contributed by atoms with E-state index in [1.54, 1.807) is 0 Å². The first kappa shape index (κ1) is 27.5. The van der Waals surface area contributed by atoms with Crippen LogP contribution in [0.4, 0.5) is 0 Å². The molecule has 2 aromatic heterocycles. The minimum atomic E-state index is 0.634. The van der Waals surface area contributed by atoms with E-state index in [1.165, 1.54) is 37.8 Å². The van der Waals surface area contributed by atoms with Crippen molar-refractivity contribution in [2.45, 2.75) is 0 Å². The normalized spacial score (nSPS) is 11.7. The van der Waals surface area contributed by atoms with Crippen LogP contribution in [0.15, 0.2) is 170 Å². The molecule has 4 nitrogen and oxygen atoms in total. The number of hydrogen-bond donors (Lipinski definition) is 0. The van der Waals surface area contributed by atoms with Gasteiger partial charge < -0.3 is 4.57 Å². The van der Waals surface area contributed by atoms with E-state index in [1.807, 2.05) is 0 Å². The Labute approximate surface area is 282 Å². The maximum absolute atomic E-state index is 5.13. The monoisotopic (exact) mass is 624 g/mol. The Morgan fingerprint density at radius 1 is 0.327 bits per heavy atom. The SMILES string of the molecule is c1cc(-c2nc(-c3ccc4ccccc4c3)nc(-c3ccc4ccccc4c3)n2)cc(-n2c3ccccc3c3c4ccccc4ccc32)c1. The summed E-state index contributed by atoms with van der Waals surface area (Å²) in [6.07, 6.45) is 0. The van der Waals surface area contributed by atoms with Gasteiger partial charge in [-0.15, -0.1) is 0 Å². The Morgan fingerprint density at radius 3 is 1.49 bits per heavy atom. The highest BCUT2D eigenvalue weighted by molar-refractivity contribution is 6.21. The fraction of sp³-hybridized carbons (Fsp3) is 0. The van der Waals surface area contributed by atoms with Crippen LogP contribution in [0.25, 0.3) is 94.0 Å². The zero-order valence-corrected chi connectivity index (χ0v) is 26.5. The van der Waals surface area contributed by atoms with E-state index < -0.39 is 0 Å². The van der Waals surface area contributed by atoms with Gasteiger partial charge >= 0.3 is 0 Å². The van der Waals surface area contributed by atoms with Gasteiger partial charge in [-0.3, -0.25) is 0 Å². The first-order chi connectivity index (χ1) is 24.3. The van der Waals surface area contributed by atoms with Crippen molar-refractivity contribution in [3.63, 3.8) is 0 Å². The van der Waals surface area contributed by atoms with Gasteiger partial charge in [0.2, 0.25) is 0 Å². The Balaban J connectivity index is 1.19. The van der Waals surface area contributed by atoms with E-state index in [4.69, 9.17) is 15.0 Å². The summed E-state index contributed by atoms with van der Waals surface area (Å²) in [6.45, 7) is 0. The molecule has 0 aliphatic carbocycles. The zero-order valence-electron chi connectivity index (χ0n) is 26.5. The molecule has 0 spiro atoms. The van der Waals surface area contributed by atoms with Crippen LogP contribution < -0.4 is 0 Å². The molecule has 0 bridgehead atoms. The second-order valence-corrected chi connectivity index (χ2v) is 12.5. The van der Waals surface area contributed by atoms with Crippen molar-refractivity contribution < 1.29 is 0 Å². The van der Waals surface area contributed by atoms with Crippen LogP contribution in [-0.4, -0.2) is 19.5 Å². The van der Waals surface area contributed by atoms with E-state index in [0.29, 0.717) is 17.5 Å². The molecule has 228 valence electrons. The molecule has 0 aliphatic heterocycles. The summed E-state index contributed by atoms with van der Waals surface area (Å²) in [6, 6.07) is 59.9. The molecular formula is C45H28N4. The van der Waals surface area contributed by atoms with E-state index >= 15 is 0 Å². The van der Waals surface area contributed by atoms with E-state index in [-0.39, 0.29) is 0 Å². The fourth-order valence-electron chi connectivity index (χ4n) is 7.22. The standard InChI is InChI=1S/C45H28N4/c1-3-13-32-26-35(22-20-29(32)10-1)44-46-43(47-45(48-44)36-23-21-30-11-2-4-14-33(30)27-36)34-15-9-16-37(28-34)49-40-19-8-7-18-39(40)42-38-17-6-5-12-31(38)24-25-41(42)49/h1-28H. The topological polar surface area (TPSA) is 43.6 Å². The summed E-state index contributed by atoms with van der Waals surface area (Å²) in [7, 11) is 0. The third-order valence-corrected chi connectivity index (χ3v) is 9.58. The molecule has 0 aliphatic rings. The lowest BCUT2D eigenvalue weighted by atomic mass is 10.0. The number of rotatable bonds is 4. The lowest BCUT2D eigenvalue weighted by Crippen LogP contribution is -2.01. The number of benzene rings is 8. The van der Waals surface area contributed by atoms with Gasteiger partial charge in [-0.25, -0.2) is 15.0 Å². The van der Waals surface area contributed by atoms with Crippen molar-refractivity contribution in [1.29, 1.82) is 0 Å². The fourth-order valence-corrected chi connectivity index (χ4v) is 7.22. The number of nitrogens with zero attached hydrogens (tertiary/aromatic N) is 4. The molecule has 8 aromatic carbocycles. The Kier molecular flexibility index (Phi) is 6.15. The lowest BCUT2D eigenvalue weighted by Gasteiger charge is -2.12. The summed E-state index contributed by atoms with van der Waals surface area (Å²) in [5.74, 6) is 1.93. The van der Waals surface area contributed by atoms with Gasteiger partial charge in [0.15, 0.2) is 17.5 Å². The van der Waals surface area contributed by atoms with Crippen LogP contribution in [0.3, 0.4) is 0 Å². The second-order valence-electron chi connectivity index (χ2n) is 12.5. The molecule has 2 heterocycles. The van der Waals surface area contributed by atoms with Gasteiger partial charge in [-0.05, 0) is 68.7 Å². The second kappa shape index (κ2) is 11.0. The molecular weight excluding hydrogens is 597 g/mol. The maximum atomic E-state index is 5.13. The summed E-state index contributed by atoms with van der Waals surface area (Å²) in [5.41, 5.74) is 6.22. The number of hydrogen-bond acceptors (Lipinski definition) is 3. The summed E-state index contributed by atoms with van der Waals surface area (Å²) < 4.78 is 2.36. The van der Waals surface area contributed by atoms with Crippen LogP contribution in [0.5, 0.6) is 0 Å².